The second-order valence-corrected chi connectivity index (χ2v) is 7.33. The summed E-state index contributed by atoms with van der Waals surface area (Å²) in [4.78, 5) is 38.2. The monoisotopic (exact) mass is 411 g/mol. The molecule has 0 aliphatic heterocycles. The predicted molar refractivity (Wildman–Crippen MR) is 114 cm³/mol. The lowest BCUT2D eigenvalue weighted by atomic mass is 9.98. The lowest BCUT2D eigenvalue weighted by Gasteiger charge is -2.28. The number of carbonyl (C=O) groups is 3. The van der Waals surface area contributed by atoms with Gasteiger partial charge in [-0.2, -0.15) is 0 Å². The summed E-state index contributed by atoms with van der Waals surface area (Å²) < 4.78 is 5.27. The van der Waals surface area contributed by atoms with E-state index in [4.69, 9.17) is 10.5 Å². The van der Waals surface area contributed by atoms with E-state index in [1.807, 2.05) is 50.2 Å². The molecule has 0 radical (unpaired) electrons. The van der Waals surface area contributed by atoms with Crippen molar-refractivity contribution in [2.75, 3.05) is 7.05 Å². The number of hydrogen-bond donors (Lipinski definition) is 2. The summed E-state index contributed by atoms with van der Waals surface area (Å²) in [5, 5.41) is 2.71. The number of hydrogen-bond acceptors (Lipinski definition) is 4. The summed E-state index contributed by atoms with van der Waals surface area (Å²) in [7, 11) is 1.66. The lowest BCUT2D eigenvalue weighted by molar-refractivity contribution is -0.133. The third-order valence-corrected chi connectivity index (χ3v) is 4.97. The highest BCUT2D eigenvalue weighted by atomic mass is 16.5. The van der Waals surface area contributed by atoms with Crippen molar-refractivity contribution in [3.63, 3.8) is 0 Å². The van der Waals surface area contributed by atoms with Crippen molar-refractivity contribution >= 4 is 17.9 Å². The summed E-state index contributed by atoms with van der Waals surface area (Å²) in [6, 6.07) is 15.4. The first kappa shape index (κ1) is 22.9. The molecule has 30 heavy (non-hydrogen) atoms. The van der Waals surface area contributed by atoms with Crippen LogP contribution in [0.5, 0.6) is 0 Å². The molecule has 2 rings (SSSR count). The van der Waals surface area contributed by atoms with E-state index in [2.05, 4.69) is 5.32 Å². The number of likely N-dealkylation sites (N-methyl/N-ethyl adjacent to an activating group) is 1. The van der Waals surface area contributed by atoms with Crippen molar-refractivity contribution in [2.24, 2.45) is 11.7 Å². The van der Waals surface area contributed by atoms with Gasteiger partial charge in [-0.05, 0) is 29.2 Å². The van der Waals surface area contributed by atoms with E-state index in [1.165, 1.54) is 4.90 Å². The van der Waals surface area contributed by atoms with E-state index in [0.717, 1.165) is 11.1 Å². The summed E-state index contributed by atoms with van der Waals surface area (Å²) in [5.74, 6) is -0.835. The van der Waals surface area contributed by atoms with E-state index >= 15 is 0 Å². The van der Waals surface area contributed by atoms with Gasteiger partial charge in [0.05, 0.1) is 0 Å². The molecule has 0 saturated heterocycles. The van der Waals surface area contributed by atoms with Crippen LogP contribution in [0.15, 0.2) is 54.6 Å². The van der Waals surface area contributed by atoms with E-state index in [1.54, 1.807) is 25.2 Å². The quantitative estimate of drug-likeness (QED) is 0.662. The van der Waals surface area contributed by atoms with Crippen LogP contribution >= 0.6 is 0 Å². The Bertz CT molecular complexity index is 870. The molecule has 0 heterocycles. The van der Waals surface area contributed by atoms with Gasteiger partial charge in [-0.15, -0.1) is 0 Å². The smallest absolute Gasteiger partial charge is 0.408 e. The minimum atomic E-state index is -0.720. The molecule has 0 spiro atoms. The van der Waals surface area contributed by atoms with Gasteiger partial charge in [0, 0.05) is 19.2 Å². The Balaban J connectivity index is 2.02. The SMILES string of the molecule is CC[C@H](C)[C@H](NC(=O)OCc1ccccc1)C(=O)N(C)Cc1cccc(C(N)=O)c1. The molecular formula is C23H29N3O4. The van der Waals surface area contributed by atoms with E-state index < -0.39 is 18.0 Å². The molecule has 3 N–H and O–H groups in total. The average molecular weight is 412 g/mol. The van der Waals surface area contributed by atoms with Crippen molar-refractivity contribution in [3.8, 4) is 0 Å². The van der Waals surface area contributed by atoms with Gasteiger partial charge in [0.2, 0.25) is 11.8 Å². The Hall–Kier alpha value is -3.35. The molecule has 0 saturated carbocycles. The van der Waals surface area contributed by atoms with Crippen LogP contribution in [0.25, 0.3) is 0 Å². The summed E-state index contributed by atoms with van der Waals surface area (Å²) in [6.07, 6.45) is 0.0713. The van der Waals surface area contributed by atoms with Crippen molar-refractivity contribution in [1.82, 2.24) is 10.2 Å². The summed E-state index contributed by atoms with van der Waals surface area (Å²) >= 11 is 0. The van der Waals surface area contributed by atoms with Gasteiger partial charge in [-0.1, -0.05) is 62.7 Å². The number of nitrogens with one attached hydrogen (secondary N) is 1. The molecule has 2 aromatic rings. The molecule has 0 unspecified atom stereocenters. The van der Waals surface area contributed by atoms with Gasteiger partial charge < -0.3 is 20.7 Å². The Labute approximate surface area is 177 Å². The molecule has 0 fully saturated rings. The second-order valence-electron chi connectivity index (χ2n) is 7.33. The molecule has 0 bridgehead atoms. The zero-order valence-electron chi connectivity index (χ0n) is 17.6. The van der Waals surface area contributed by atoms with Crippen LogP contribution in [0, 0.1) is 5.92 Å². The molecule has 0 aliphatic rings. The zero-order chi connectivity index (χ0) is 22.1. The fourth-order valence-electron chi connectivity index (χ4n) is 2.99. The third kappa shape index (κ3) is 6.62. The number of nitrogens with two attached hydrogens (primary N) is 1. The topological polar surface area (TPSA) is 102 Å². The van der Waals surface area contributed by atoms with Gasteiger partial charge in [-0.3, -0.25) is 9.59 Å². The largest absolute Gasteiger partial charge is 0.445 e. The van der Waals surface area contributed by atoms with Gasteiger partial charge in [0.1, 0.15) is 12.6 Å². The molecule has 7 heteroatoms. The Morgan fingerprint density at radius 2 is 1.73 bits per heavy atom. The van der Waals surface area contributed by atoms with Gasteiger partial charge >= 0.3 is 6.09 Å². The average Bonchev–Trinajstić information content (AvgIpc) is 2.75. The van der Waals surface area contributed by atoms with Crippen molar-refractivity contribution in [1.29, 1.82) is 0 Å². The number of amides is 3. The summed E-state index contributed by atoms with van der Waals surface area (Å²) in [5.41, 5.74) is 7.35. The molecule has 160 valence electrons. The van der Waals surface area contributed by atoms with Crippen molar-refractivity contribution in [3.05, 3.63) is 71.3 Å². The van der Waals surface area contributed by atoms with Crippen LogP contribution in [-0.2, 0) is 22.7 Å². The highest BCUT2D eigenvalue weighted by molar-refractivity contribution is 5.93. The highest BCUT2D eigenvalue weighted by Crippen LogP contribution is 2.14. The predicted octanol–water partition coefficient (Wildman–Crippen LogP) is 3.09. The first-order valence-electron chi connectivity index (χ1n) is 9.92. The highest BCUT2D eigenvalue weighted by Gasteiger charge is 2.29. The maximum atomic E-state index is 13.0. The second kappa shape index (κ2) is 11.0. The number of benzene rings is 2. The fraction of sp³-hybridized carbons (Fsp3) is 0.348. The minimum absolute atomic E-state index is 0.0822. The van der Waals surface area contributed by atoms with Crippen LogP contribution in [0.1, 0.15) is 41.8 Å². The minimum Gasteiger partial charge on any atom is -0.445 e. The molecule has 3 amide bonds. The van der Waals surface area contributed by atoms with E-state index in [9.17, 15) is 14.4 Å². The van der Waals surface area contributed by atoms with Crippen LogP contribution < -0.4 is 11.1 Å². The maximum absolute atomic E-state index is 13.0. The number of rotatable bonds is 9. The number of primary amides is 1. The summed E-state index contributed by atoms with van der Waals surface area (Å²) in [6.45, 7) is 4.28. The third-order valence-electron chi connectivity index (χ3n) is 4.97. The number of ether oxygens (including phenoxy) is 1. The lowest BCUT2D eigenvalue weighted by Crippen LogP contribution is -2.50. The van der Waals surface area contributed by atoms with E-state index in [0.29, 0.717) is 12.0 Å². The normalized spacial score (nSPS) is 12.5. The molecule has 2 atom stereocenters. The van der Waals surface area contributed by atoms with Crippen LogP contribution in [0.4, 0.5) is 4.79 Å². The van der Waals surface area contributed by atoms with Gasteiger partial charge in [-0.25, -0.2) is 4.79 Å². The van der Waals surface area contributed by atoms with Crippen molar-refractivity contribution < 1.29 is 19.1 Å². The Morgan fingerprint density at radius 1 is 1.07 bits per heavy atom. The zero-order valence-corrected chi connectivity index (χ0v) is 17.6. The number of alkyl carbamates (subject to hydrolysis) is 1. The fourth-order valence-corrected chi connectivity index (χ4v) is 2.99. The molecule has 2 aromatic carbocycles. The van der Waals surface area contributed by atoms with Crippen LogP contribution in [0.2, 0.25) is 0 Å². The molecular weight excluding hydrogens is 382 g/mol. The van der Waals surface area contributed by atoms with Crippen LogP contribution in [-0.4, -0.2) is 35.9 Å². The Kier molecular flexibility index (Phi) is 8.41. The maximum Gasteiger partial charge on any atom is 0.408 e. The van der Waals surface area contributed by atoms with Gasteiger partial charge in [0.15, 0.2) is 0 Å². The molecule has 0 aromatic heterocycles. The van der Waals surface area contributed by atoms with E-state index in [-0.39, 0.29) is 25.0 Å². The molecule has 0 aliphatic carbocycles. The Morgan fingerprint density at radius 3 is 2.37 bits per heavy atom. The first-order valence-corrected chi connectivity index (χ1v) is 9.92. The first-order chi connectivity index (χ1) is 14.3. The number of carbonyl (C=O) groups excluding carboxylic acids is 3. The molecule has 7 nitrogen and oxygen atoms in total. The standard InChI is InChI=1S/C23H29N3O4/c1-4-16(2)20(25-23(29)30-15-17-9-6-5-7-10-17)22(28)26(3)14-18-11-8-12-19(13-18)21(24)27/h5-13,16,20H,4,14-15H2,1-3H3,(H2,24,27)(H,25,29)/t16-,20-/m0/s1. The number of nitrogens with zero attached hydrogens (tertiary/aromatic N) is 1. The van der Waals surface area contributed by atoms with Crippen LogP contribution in [0.3, 0.4) is 0 Å². The van der Waals surface area contributed by atoms with Crippen molar-refractivity contribution in [2.45, 2.75) is 39.5 Å². The van der Waals surface area contributed by atoms with Gasteiger partial charge in [0.25, 0.3) is 0 Å².